The Morgan fingerprint density at radius 2 is 1.47 bits per heavy atom. The topological polar surface area (TPSA) is 56.7 Å². The van der Waals surface area contributed by atoms with Gasteiger partial charge in [-0.05, 0) is 95.4 Å². The SMILES string of the molecule is CC(C)Cc1cc(-c2[c-]cccc2F)ncc1[Si](C)(C)C.Cc1cccc(C)c1-c1ccc2c(n1)oc1c(-c3nc4ccc5ccccc5c4n3-c3ccc(C(C)C)cc3)[c-]cc(C)c12.[Ir]. The van der Waals surface area contributed by atoms with Crippen LogP contribution in [0.3, 0.4) is 0 Å². The fraction of sp³-hybridized carbons (Fsp3) is 0.224. The summed E-state index contributed by atoms with van der Waals surface area (Å²) in [6.45, 7) is 22.2. The zero-order chi connectivity index (χ0) is 45.7. The minimum atomic E-state index is -1.45. The first kappa shape index (κ1) is 46.5. The van der Waals surface area contributed by atoms with Gasteiger partial charge in [-0.15, -0.1) is 42.0 Å². The monoisotopic (exact) mass is 1060 g/mol. The van der Waals surface area contributed by atoms with Gasteiger partial charge in [0.25, 0.3) is 0 Å². The van der Waals surface area contributed by atoms with Gasteiger partial charge in [0.05, 0.1) is 36.2 Å². The van der Waals surface area contributed by atoms with Crippen LogP contribution < -0.4 is 5.19 Å². The first-order valence-electron chi connectivity index (χ1n) is 22.7. The molecule has 0 unspecified atom stereocenters. The quantitative estimate of drug-likeness (QED) is 0.112. The van der Waals surface area contributed by atoms with E-state index in [9.17, 15) is 4.39 Å². The van der Waals surface area contributed by atoms with Crippen LogP contribution in [0.1, 0.15) is 61.4 Å². The maximum atomic E-state index is 13.9. The number of rotatable bonds is 8. The number of imidazole rings is 1. The second kappa shape index (κ2) is 18.7. The van der Waals surface area contributed by atoms with Crippen LogP contribution in [0.4, 0.5) is 4.39 Å². The number of pyridine rings is 2. The molecule has 4 aromatic heterocycles. The van der Waals surface area contributed by atoms with Crippen molar-refractivity contribution in [1.29, 1.82) is 0 Å². The molecule has 10 rings (SSSR count). The molecule has 66 heavy (non-hydrogen) atoms. The maximum absolute atomic E-state index is 13.9. The molecule has 335 valence electrons. The summed E-state index contributed by atoms with van der Waals surface area (Å²) in [7, 11) is -1.45. The van der Waals surface area contributed by atoms with E-state index in [0.717, 1.165) is 73.1 Å². The Labute approximate surface area is 402 Å². The number of halogens is 1. The summed E-state index contributed by atoms with van der Waals surface area (Å²) in [5.74, 6) is 1.55. The third kappa shape index (κ3) is 8.82. The molecule has 1 radical (unpaired) electrons. The van der Waals surface area contributed by atoms with Crippen molar-refractivity contribution in [2.45, 2.75) is 80.4 Å². The summed E-state index contributed by atoms with van der Waals surface area (Å²) in [5, 5.41) is 5.75. The molecule has 0 amide bonds. The molecule has 0 fully saturated rings. The average Bonchev–Trinajstić information content (AvgIpc) is 3.86. The van der Waals surface area contributed by atoms with Crippen molar-refractivity contribution in [1.82, 2.24) is 19.5 Å². The molecule has 0 saturated carbocycles. The molecule has 10 aromatic rings. The van der Waals surface area contributed by atoms with Gasteiger partial charge in [-0.1, -0.05) is 143 Å². The van der Waals surface area contributed by atoms with Gasteiger partial charge < -0.3 is 14.0 Å². The van der Waals surface area contributed by atoms with Crippen LogP contribution in [0.2, 0.25) is 19.6 Å². The van der Waals surface area contributed by atoms with Crippen molar-refractivity contribution >= 4 is 57.1 Å². The third-order valence-electron chi connectivity index (χ3n) is 12.4. The molecule has 0 atom stereocenters. The van der Waals surface area contributed by atoms with Crippen LogP contribution >= 0.6 is 0 Å². The van der Waals surface area contributed by atoms with Gasteiger partial charge >= 0.3 is 0 Å². The summed E-state index contributed by atoms with van der Waals surface area (Å²) in [6, 6.07) is 47.7. The Balaban J connectivity index is 0.000000228. The predicted molar refractivity (Wildman–Crippen MR) is 272 cm³/mol. The molecule has 0 aliphatic carbocycles. The summed E-state index contributed by atoms with van der Waals surface area (Å²) in [6.07, 6.45) is 2.96. The third-order valence-corrected chi connectivity index (χ3v) is 14.5. The smallest absolute Gasteiger partial charge is 0.216 e. The molecular weight excluding hydrogens is 1010 g/mol. The molecule has 0 spiro atoms. The summed E-state index contributed by atoms with van der Waals surface area (Å²) < 4.78 is 22.9. The number of furan rings is 1. The summed E-state index contributed by atoms with van der Waals surface area (Å²) in [5.41, 5.74) is 14.6. The van der Waals surface area contributed by atoms with E-state index in [2.05, 4.69) is 193 Å². The van der Waals surface area contributed by atoms with Crippen LogP contribution in [0, 0.1) is 44.6 Å². The minimum absolute atomic E-state index is 0. The number of hydrogen-bond acceptors (Lipinski definition) is 4. The first-order chi connectivity index (χ1) is 31.2. The average molecular weight is 1060 g/mol. The van der Waals surface area contributed by atoms with E-state index >= 15 is 0 Å². The number of hydrogen-bond donors (Lipinski definition) is 0. The van der Waals surface area contributed by atoms with Gasteiger partial charge in [-0.2, -0.15) is 0 Å². The predicted octanol–water partition coefficient (Wildman–Crippen LogP) is 15.1. The molecule has 0 saturated heterocycles. The largest absolute Gasteiger partial charge is 0.486 e. The van der Waals surface area contributed by atoms with Crippen molar-refractivity contribution in [3.8, 4) is 39.6 Å². The van der Waals surface area contributed by atoms with Crippen LogP contribution in [0.5, 0.6) is 0 Å². The Kier molecular flexibility index (Phi) is 13.2. The van der Waals surface area contributed by atoms with Crippen LogP contribution in [-0.2, 0) is 26.5 Å². The fourth-order valence-corrected chi connectivity index (χ4v) is 10.8. The van der Waals surface area contributed by atoms with E-state index in [-0.39, 0.29) is 25.9 Å². The number of aromatic nitrogens is 4. The number of aryl methyl sites for hydroxylation is 3. The van der Waals surface area contributed by atoms with Gasteiger partial charge in [0.1, 0.15) is 0 Å². The van der Waals surface area contributed by atoms with Crippen LogP contribution in [-0.4, -0.2) is 27.6 Å². The summed E-state index contributed by atoms with van der Waals surface area (Å²) >= 11 is 0. The molecule has 5 nitrogen and oxygen atoms in total. The second-order valence-corrected chi connectivity index (χ2v) is 24.1. The van der Waals surface area contributed by atoms with Crippen molar-refractivity contribution in [2.24, 2.45) is 5.92 Å². The molecule has 8 heteroatoms. The molecule has 4 heterocycles. The van der Waals surface area contributed by atoms with Crippen LogP contribution in [0.25, 0.3) is 83.5 Å². The normalized spacial score (nSPS) is 11.8. The minimum Gasteiger partial charge on any atom is -0.486 e. The molecule has 6 aromatic carbocycles. The van der Waals surface area contributed by atoms with E-state index in [4.69, 9.17) is 14.4 Å². The zero-order valence-corrected chi connectivity index (χ0v) is 42.8. The van der Waals surface area contributed by atoms with E-state index in [0.29, 0.717) is 28.8 Å². The molecular formula is C58H55FIrN4OSi-2. The first-order valence-corrected chi connectivity index (χ1v) is 26.2. The van der Waals surface area contributed by atoms with Gasteiger partial charge in [0, 0.05) is 54.1 Å². The molecule has 0 aliphatic rings. The van der Waals surface area contributed by atoms with E-state index in [1.807, 2.05) is 6.20 Å². The van der Waals surface area contributed by atoms with Gasteiger partial charge in [0.15, 0.2) is 0 Å². The Bertz CT molecular complexity index is 3380. The fourth-order valence-electron chi connectivity index (χ4n) is 9.18. The van der Waals surface area contributed by atoms with Gasteiger partial charge in [-0.3, -0.25) is 9.37 Å². The summed E-state index contributed by atoms with van der Waals surface area (Å²) in [4.78, 5) is 14.8. The van der Waals surface area contributed by atoms with Gasteiger partial charge in [-0.25, -0.2) is 4.98 Å². The maximum Gasteiger partial charge on any atom is 0.216 e. The molecule has 0 N–H and O–H groups in total. The van der Waals surface area contributed by atoms with Gasteiger partial charge in [0.2, 0.25) is 5.71 Å². The van der Waals surface area contributed by atoms with E-state index in [1.54, 1.807) is 12.1 Å². The number of nitrogens with zero attached hydrogens (tertiary/aromatic N) is 4. The van der Waals surface area contributed by atoms with Crippen molar-refractivity contribution in [3.63, 3.8) is 0 Å². The van der Waals surface area contributed by atoms with Crippen molar-refractivity contribution < 1.29 is 28.9 Å². The van der Waals surface area contributed by atoms with E-state index in [1.165, 1.54) is 38.9 Å². The van der Waals surface area contributed by atoms with Crippen molar-refractivity contribution in [3.05, 3.63) is 173 Å². The Hall–Kier alpha value is -6.05. The molecule has 0 aliphatic heterocycles. The standard InChI is InChI=1S/C40H32N3O.C18H23FNSi.Ir/c1-23(2)27-14-17-29(18-15-27)43-37-30-12-7-6-11-28(30)16-21-34(37)41-39(43)32-19-13-26(5)36-31-20-22-33(42-40(31)44-38(32)36)35-24(3)9-8-10-25(35)4;1-13(2)10-14-11-17(15-8-6-7-9-16(15)19)20-12-18(14)21(3,4)5;/h6-18,20-23H,1-5H3;6-7,9,11-13H,10H2,1-5H3;/q2*-1;. The molecule has 0 bridgehead atoms. The Morgan fingerprint density at radius 3 is 2.17 bits per heavy atom. The number of benzene rings is 6. The Morgan fingerprint density at radius 1 is 0.727 bits per heavy atom. The second-order valence-electron chi connectivity index (χ2n) is 19.1. The van der Waals surface area contributed by atoms with Crippen molar-refractivity contribution in [2.75, 3.05) is 0 Å². The number of fused-ring (bicyclic) bond motifs is 6. The van der Waals surface area contributed by atoms with Crippen LogP contribution in [0.15, 0.2) is 132 Å². The van der Waals surface area contributed by atoms with E-state index < -0.39 is 8.07 Å². The zero-order valence-electron chi connectivity index (χ0n) is 39.4.